The third-order valence-electron chi connectivity index (χ3n) is 3.12. The van der Waals surface area contributed by atoms with E-state index in [0.29, 0.717) is 11.7 Å². The largest absolute Gasteiger partial charge is 0.481 e. The molecule has 4 nitrogen and oxygen atoms in total. The summed E-state index contributed by atoms with van der Waals surface area (Å²) in [7, 11) is 0. The highest BCUT2D eigenvalue weighted by molar-refractivity contribution is 5.53. The van der Waals surface area contributed by atoms with Crippen molar-refractivity contribution in [2.75, 3.05) is 0 Å². The molecule has 2 aromatic carbocycles. The molecule has 0 fully saturated rings. The topological polar surface area (TPSA) is 48.2 Å². The van der Waals surface area contributed by atoms with Gasteiger partial charge in [0.05, 0.1) is 0 Å². The molecule has 0 amide bonds. The molecule has 0 bridgehead atoms. The zero-order chi connectivity index (χ0) is 14.7. The van der Waals surface area contributed by atoms with Gasteiger partial charge in [-0.2, -0.15) is 4.98 Å². The Morgan fingerprint density at radius 2 is 1.86 bits per heavy atom. The summed E-state index contributed by atoms with van der Waals surface area (Å²) in [5.41, 5.74) is 2.07. The number of aryl methyl sites for hydroxylation is 1. The first-order valence-electron chi connectivity index (χ1n) is 6.85. The first kappa shape index (κ1) is 13.4. The van der Waals surface area contributed by atoms with Gasteiger partial charge in [0.25, 0.3) is 5.89 Å². The minimum Gasteiger partial charge on any atom is -0.481 e. The number of hydrogen-bond donors (Lipinski definition) is 0. The molecule has 0 aliphatic rings. The summed E-state index contributed by atoms with van der Waals surface area (Å²) in [4.78, 5) is 4.40. The van der Waals surface area contributed by atoms with Gasteiger partial charge in [-0.1, -0.05) is 47.6 Å². The van der Waals surface area contributed by atoms with E-state index in [2.05, 4.69) is 10.1 Å². The minimum atomic E-state index is -0.295. The fourth-order valence-electron chi connectivity index (χ4n) is 2.05. The van der Waals surface area contributed by atoms with Gasteiger partial charge in [-0.3, -0.25) is 0 Å². The van der Waals surface area contributed by atoms with Crippen molar-refractivity contribution in [3.05, 3.63) is 66.1 Å². The van der Waals surface area contributed by atoms with E-state index in [9.17, 15) is 0 Å². The van der Waals surface area contributed by atoms with Crippen LogP contribution in [0.2, 0.25) is 0 Å². The maximum absolute atomic E-state index is 5.83. The Morgan fingerprint density at radius 3 is 2.62 bits per heavy atom. The first-order chi connectivity index (χ1) is 10.2. The lowest BCUT2D eigenvalue weighted by molar-refractivity contribution is 0.175. The van der Waals surface area contributed by atoms with E-state index in [0.717, 1.165) is 16.9 Å². The summed E-state index contributed by atoms with van der Waals surface area (Å²) in [6.07, 6.45) is -0.295. The predicted octanol–water partition coefficient (Wildman–Crippen LogP) is 4.19. The maximum atomic E-state index is 5.83. The third kappa shape index (κ3) is 3.11. The Labute approximate surface area is 123 Å². The molecule has 0 N–H and O–H groups in total. The smallest absolute Gasteiger partial charge is 0.267 e. The molecule has 0 radical (unpaired) electrons. The summed E-state index contributed by atoms with van der Waals surface area (Å²) in [6.45, 7) is 3.92. The van der Waals surface area contributed by atoms with Crippen LogP contribution in [0.1, 0.15) is 24.5 Å². The molecular weight excluding hydrogens is 264 g/mol. The van der Waals surface area contributed by atoms with Gasteiger partial charge in [0.15, 0.2) is 6.10 Å². The van der Waals surface area contributed by atoms with Gasteiger partial charge < -0.3 is 9.26 Å². The maximum Gasteiger partial charge on any atom is 0.267 e. The lowest BCUT2D eigenvalue weighted by atomic mass is 10.2. The Bertz CT molecular complexity index is 722. The van der Waals surface area contributed by atoms with Gasteiger partial charge in [-0.05, 0) is 31.5 Å². The van der Waals surface area contributed by atoms with Crippen LogP contribution in [0.3, 0.4) is 0 Å². The van der Waals surface area contributed by atoms with E-state index in [1.165, 1.54) is 0 Å². The van der Waals surface area contributed by atoms with Crippen molar-refractivity contribution in [3.8, 4) is 17.1 Å². The summed E-state index contributed by atoms with van der Waals surface area (Å²) in [5, 5.41) is 4.00. The van der Waals surface area contributed by atoms with Crippen molar-refractivity contribution in [2.24, 2.45) is 0 Å². The van der Waals surface area contributed by atoms with Crippen LogP contribution in [-0.4, -0.2) is 10.1 Å². The van der Waals surface area contributed by atoms with Crippen molar-refractivity contribution < 1.29 is 9.26 Å². The van der Waals surface area contributed by atoms with Gasteiger partial charge in [0, 0.05) is 5.56 Å². The Hall–Kier alpha value is -2.62. The van der Waals surface area contributed by atoms with Crippen LogP contribution in [0.4, 0.5) is 0 Å². The van der Waals surface area contributed by atoms with E-state index in [1.54, 1.807) is 0 Å². The zero-order valence-electron chi connectivity index (χ0n) is 12.0. The Balaban J connectivity index is 1.77. The number of ether oxygens (including phenoxy) is 1. The van der Waals surface area contributed by atoms with Crippen LogP contribution in [-0.2, 0) is 0 Å². The highest BCUT2D eigenvalue weighted by Gasteiger charge is 2.16. The Kier molecular flexibility index (Phi) is 3.69. The number of hydrogen-bond acceptors (Lipinski definition) is 4. The molecule has 0 saturated heterocycles. The summed E-state index contributed by atoms with van der Waals surface area (Å²) < 4.78 is 11.1. The average Bonchev–Trinajstić information content (AvgIpc) is 2.98. The number of aromatic nitrogens is 2. The van der Waals surface area contributed by atoms with Gasteiger partial charge in [-0.25, -0.2) is 0 Å². The lowest BCUT2D eigenvalue weighted by Gasteiger charge is -2.10. The fourth-order valence-corrected chi connectivity index (χ4v) is 2.05. The highest BCUT2D eigenvalue weighted by atomic mass is 16.5. The summed E-state index contributed by atoms with van der Waals surface area (Å²) in [5.74, 6) is 1.84. The molecule has 1 aromatic heterocycles. The second-order valence-corrected chi connectivity index (χ2v) is 4.90. The second kappa shape index (κ2) is 5.79. The van der Waals surface area contributed by atoms with E-state index >= 15 is 0 Å². The zero-order valence-corrected chi connectivity index (χ0v) is 12.0. The predicted molar refractivity (Wildman–Crippen MR) is 80.0 cm³/mol. The number of rotatable bonds is 4. The van der Waals surface area contributed by atoms with Crippen molar-refractivity contribution in [3.63, 3.8) is 0 Å². The fraction of sp³-hybridized carbons (Fsp3) is 0.176. The molecule has 0 aliphatic carbocycles. The quantitative estimate of drug-likeness (QED) is 0.719. The van der Waals surface area contributed by atoms with Gasteiger partial charge in [0.1, 0.15) is 5.75 Å². The van der Waals surface area contributed by atoms with E-state index in [1.807, 2.05) is 68.4 Å². The molecule has 1 unspecified atom stereocenters. The molecule has 1 heterocycles. The normalized spacial score (nSPS) is 12.1. The van der Waals surface area contributed by atoms with Crippen LogP contribution < -0.4 is 4.74 Å². The third-order valence-corrected chi connectivity index (χ3v) is 3.12. The molecule has 21 heavy (non-hydrogen) atoms. The molecular formula is C17H16N2O2. The Morgan fingerprint density at radius 1 is 1.05 bits per heavy atom. The number of benzene rings is 2. The van der Waals surface area contributed by atoms with E-state index in [-0.39, 0.29) is 6.10 Å². The molecule has 0 saturated carbocycles. The van der Waals surface area contributed by atoms with Crippen molar-refractivity contribution in [2.45, 2.75) is 20.0 Å². The van der Waals surface area contributed by atoms with Gasteiger partial charge in [-0.15, -0.1) is 0 Å². The van der Waals surface area contributed by atoms with Crippen LogP contribution in [0.5, 0.6) is 5.75 Å². The SMILES string of the molecule is Cc1cccc(OC(C)c2nc(-c3ccccc3)no2)c1. The molecule has 3 aromatic rings. The molecule has 1 atom stereocenters. The average molecular weight is 280 g/mol. The van der Waals surface area contributed by atoms with E-state index in [4.69, 9.17) is 9.26 Å². The first-order valence-corrected chi connectivity index (χ1v) is 6.85. The monoisotopic (exact) mass is 280 g/mol. The number of nitrogens with zero attached hydrogens (tertiary/aromatic N) is 2. The van der Waals surface area contributed by atoms with Gasteiger partial charge >= 0.3 is 0 Å². The van der Waals surface area contributed by atoms with E-state index < -0.39 is 0 Å². The minimum absolute atomic E-state index is 0.295. The molecule has 0 aliphatic heterocycles. The van der Waals surface area contributed by atoms with Gasteiger partial charge in [0.2, 0.25) is 5.82 Å². The molecule has 4 heteroatoms. The standard InChI is InChI=1S/C17H16N2O2/c1-12-7-6-10-15(11-12)20-13(2)17-18-16(19-21-17)14-8-4-3-5-9-14/h3-11,13H,1-2H3. The summed E-state index contributed by atoms with van der Waals surface area (Å²) in [6, 6.07) is 17.6. The summed E-state index contributed by atoms with van der Waals surface area (Å²) >= 11 is 0. The van der Waals surface area contributed by atoms with Crippen LogP contribution in [0, 0.1) is 6.92 Å². The van der Waals surface area contributed by atoms with Crippen molar-refractivity contribution in [1.29, 1.82) is 0 Å². The van der Waals surface area contributed by atoms with Crippen LogP contribution in [0.15, 0.2) is 59.1 Å². The van der Waals surface area contributed by atoms with Crippen LogP contribution >= 0.6 is 0 Å². The molecule has 106 valence electrons. The second-order valence-electron chi connectivity index (χ2n) is 4.90. The van der Waals surface area contributed by atoms with Crippen molar-refractivity contribution >= 4 is 0 Å². The highest BCUT2D eigenvalue weighted by Crippen LogP contribution is 2.23. The molecule has 3 rings (SSSR count). The van der Waals surface area contributed by atoms with Crippen molar-refractivity contribution in [1.82, 2.24) is 10.1 Å². The molecule has 0 spiro atoms. The van der Waals surface area contributed by atoms with Crippen LogP contribution in [0.25, 0.3) is 11.4 Å². The lowest BCUT2D eigenvalue weighted by Crippen LogP contribution is -2.03.